The molecule has 39 heavy (non-hydrogen) atoms. The summed E-state index contributed by atoms with van der Waals surface area (Å²) in [7, 11) is -4.04. The van der Waals surface area contributed by atoms with E-state index in [4.69, 9.17) is 4.74 Å². The van der Waals surface area contributed by atoms with Gasteiger partial charge in [-0.2, -0.15) is 31.2 Å². The largest absolute Gasteiger partial charge is 0.416 e. The van der Waals surface area contributed by atoms with Gasteiger partial charge in [-0.25, -0.2) is 4.39 Å². The number of ether oxygens (including phenoxy) is 1. The number of aromatic nitrogens is 1. The molecule has 3 aromatic rings. The third-order valence-corrected chi connectivity index (χ3v) is 7.96. The van der Waals surface area contributed by atoms with Crippen molar-refractivity contribution in [1.82, 2.24) is 9.46 Å². The Hall–Kier alpha value is -4.00. The minimum Gasteiger partial charge on any atom is -0.365 e. The lowest BCUT2D eigenvalue weighted by molar-refractivity contribution is -0.137. The minimum atomic E-state index is -4.65. The molecule has 2 aliphatic heterocycles. The number of piperidine rings is 1. The number of nitrogens with one attached hydrogen (secondary N) is 1. The summed E-state index contributed by atoms with van der Waals surface area (Å²) in [5, 5.41) is 13.3. The van der Waals surface area contributed by atoms with Crippen molar-refractivity contribution in [3.8, 4) is 17.2 Å². The molecule has 1 amide bonds. The van der Waals surface area contributed by atoms with Crippen LogP contribution in [0.5, 0.6) is 0 Å². The fraction of sp³-hybridized carbons (Fsp3) is 0.292. The number of halogens is 4. The monoisotopic (exact) mass is 565 g/mol. The van der Waals surface area contributed by atoms with E-state index in [0.29, 0.717) is 0 Å². The SMILES string of the molecule is N#Cc1cc(-c2cccc(C(F)(F)F)c2)c(F)cc1N1C(=O)COC2CN(S(=O)(=O)Nc3ccon3)CCC21. The minimum absolute atomic E-state index is 0.0199. The summed E-state index contributed by atoms with van der Waals surface area (Å²) >= 11 is 0. The van der Waals surface area contributed by atoms with E-state index in [-0.39, 0.29) is 47.7 Å². The van der Waals surface area contributed by atoms with Crippen LogP contribution in [0.2, 0.25) is 0 Å². The van der Waals surface area contributed by atoms with Crippen LogP contribution < -0.4 is 9.62 Å². The molecule has 2 saturated heterocycles. The summed E-state index contributed by atoms with van der Waals surface area (Å²) in [6.07, 6.45) is -4.16. The predicted octanol–water partition coefficient (Wildman–Crippen LogP) is 3.53. The second-order valence-corrected chi connectivity index (χ2v) is 10.5. The van der Waals surface area contributed by atoms with Crippen molar-refractivity contribution in [3.05, 3.63) is 65.7 Å². The smallest absolute Gasteiger partial charge is 0.365 e. The van der Waals surface area contributed by atoms with Crippen LogP contribution in [0.15, 0.2) is 53.3 Å². The molecule has 2 unspecified atom stereocenters. The molecule has 2 fully saturated rings. The molecule has 0 saturated carbocycles. The Balaban J connectivity index is 1.44. The molecule has 2 aliphatic rings. The Bertz CT molecular complexity index is 1560. The summed E-state index contributed by atoms with van der Waals surface area (Å²) in [6.45, 7) is -0.629. The summed E-state index contributed by atoms with van der Waals surface area (Å²) in [5.74, 6) is -1.53. The molecule has 1 aromatic heterocycles. The number of carbonyl (C=O) groups is 1. The Kier molecular flexibility index (Phi) is 6.79. The Labute approximate surface area is 219 Å². The lowest BCUT2D eigenvalue weighted by Gasteiger charge is -2.46. The van der Waals surface area contributed by atoms with Gasteiger partial charge in [0.05, 0.1) is 29.0 Å². The molecule has 2 aromatic carbocycles. The molecular formula is C24H19F4N5O5S. The first-order valence-electron chi connectivity index (χ1n) is 11.5. The molecule has 3 heterocycles. The van der Waals surface area contributed by atoms with Crippen LogP contribution >= 0.6 is 0 Å². The summed E-state index contributed by atoms with van der Waals surface area (Å²) in [6, 6.07) is 8.56. The van der Waals surface area contributed by atoms with E-state index in [9.17, 15) is 31.6 Å². The number of morpholine rings is 1. The van der Waals surface area contributed by atoms with E-state index < -0.39 is 52.4 Å². The fourth-order valence-electron chi connectivity index (χ4n) is 4.70. The molecule has 0 spiro atoms. The lowest BCUT2D eigenvalue weighted by Crippen LogP contribution is -2.62. The summed E-state index contributed by atoms with van der Waals surface area (Å²) < 4.78 is 94.0. The molecular weight excluding hydrogens is 546 g/mol. The highest BCUT2D eigenvalue weighted by Crippen LogP contribution is 2.37. The average molecular weight is 566 g/mol. The van der Waals surface area contributed by atoms with Crippen molar-refractivity contribution in [2.75, 3.05) is 29.3 Å². The van der Waals surface area contributed by atoms with Gasteiger partial charge in [-0.1, -0.05) is 17.3 Å². The molecule has 0 radical (unpaired) electrons. The van der Waals surface area contributed by atoms with Crippen molar-refractivity contribution in [2.24, 2.45) is 0 Å². The van der Waals surface area contributed by atoms with Crippen molar-refractivity contribution in [1.29, 1.82) is 5.26 Å². The van der Waals surface area contributed by atoms with Gasteiger partial charge < -0.3 is 14.2 Å². The number of nitrogens with zero attached hydrogens (tertiary/aromatic N) is 4. The normalized spacial score (nSPS) is 20.4. The van der Waals surface area contributed by atoms with E-state index in [1.165, 1.54) is 23.3 Å². The highest BCUT2D eigenvalue weighted by atomic mass is 32.2. The number of alkyl halides is 3. The van der Waals surface area contributed by atoms with E-state index in [1.54, 1.807) is 0 Å². The van der Waals surface area contributed by atoms with Crippen LogP contribution in [0.1, 0.15) is 17.5 Å². The van der Waals surface area contributed by atoms with Crippen LogP contribution in [0.25, 0.3) is 11.1 Å². The Morgan fingerprint density at radius 2 is 1.97 bits per heavy atom. The second kappa shape index (κ2) is 9.95. The second-order valence-electron chi connectivity index (χ2n) is 8.86. The molecule has 15 heteroatoms. The van der Waals surface area contributed by atoms with Gasteiger partial charge in [0.1, 0.15) is 24.8 Å². The highest BCUT2D eigenvalue weighted by Gasteiger charge is 2.44. The predicted molar refractivity (Wildman–Crippen MR) is 128 cm³/mol. The molecule has 5 rings (SSSR count). The van der Waals surface area contributed by atoms with Crippen LogP contribution in [0.3, 0.4) is 0 Å². The molecule has 10 nitrogen and oxygen atoms in total. The van der Waals surface area contributed by atoms with Gasteiger partial charge in [0, 0.05) is 24.7 Å². The van der Waals surface area contributed by atoms with Gasteiger partial charge in [-0.15, -0.1) is 0 Å². The van der Waals surface area contributed by atoms with Gasteiger partial charge in [-0.3, -0.25) is 9.52 Å². The quantitative estimate of drug-likeness (QED) is 0.469. The van der Waals surface area contributed by atoms with Crippen LogP contribution in [0.4, 0.5) is 29.1 Å². The first-order chi connectivity index (χ1) is 18.5. The Morgan fingerprint density at radius 3 is 2.67 bits per heavy atom. The van der Waals surface area contributed by atoms with Crippen LogP contribution in [-0.4, -0.2) is 55.6 Å². The number of anilines is 2. The van der Waals surface area contributed by atoms with E-state index in [1.807, 2.05) is 6.07 Å². The summed E-state index contributed by atoms with van der Waals surface area (Å²) in [4.78, 5) is 14.1. The zero-order valence-electron chi connectivity index (χ0n) is 19.9. The summed E-state index contributed by atoms with van der Waals surface area (Å²) in [5.41, 5.74) is -1.52. The number of amides is 1. The average Bonchev–Trinajstić information content (AvgIpc) is 3.40. The topological polar surface area (TPSA) is 129 Å². The standard InChI is InChI=1S/C24H19F4N5O5S/c25-18-10-20(15(11-29)9-17(18)14-2-1-3-16(8-14)24(26,27)28)33-19-4-6-32(12-21(19)37-13-23(33)34)39(35,36)31-22-5-7-38-30-22/h1-3,5,7-10,19,21H,4,6,12-13H2,(H,30,31). The fourth-order valence-corrected chi connectivity index (χ4v) is 5.88. The first kappa shape index (κ1) is 26.6. The number of rotatable bonds is 5. The van der Waals surface area contributed by atoms with Gasteiger partial charge in [0.25, 0.3) is 5.91 Å². The maximum absolute atomic E-state index is 15.3. The number of hydrogen-bond acceptors (Lipinski definition) is 7. The third-order valence-electron chi connectivity index (χ3n) is 6.49. The maximum atomic E-state index is 15.3. The molecule has 204 valence electrons. The number of nitriles is 1. The number of fused-ring (bicyclic) bond motifs is 1. The molecule has 0 aliphatic carbocycles. The van der Waals surface area contributed by atoms with Gasteiger partial charge in [0.15, 0.2) is 5.82 Å². The third kappa shape index (κ3) is 5.18. The van der Waals surface area contributed by atoms with Crippen molar-refractivity contribution < 1.29 is 40.0 Å². The van der Waals surface area contributed by atoms with Gasteiger partial charge >= 0.3 is 16.4 Å². The van der Waals surface area contributed by atoms with E-state index >= 15 is 4.39 Å². The molecule has 2 atom stereocenters. The zero-order chi connectivity index (χ0) is 27.9. The van der Waals surface area contributed by atoms with Crippen molar-refractivity contribution in [2.45, 2.75) is 24.7 Å². The zero-order valence-corrected chi connectivity index (χ0v) is 20.7. The highest BCUT2D eigenvalue weighted by molar-refractivity contribution is 7.90. The van der Waals surface area contributed by atoms with Crippen molar-refractivity contribution >= 4 is 27.6 Å². The number of carbonyl (C=O) groups excluding carboxylic acids is 1. The lowest BCUT2D eigenvalue weighted by atomic mass is 9.95. The maximum Gasteiger partial charge on any atom is 0.416 e. The van der Waals surface area contributed by atoms with E-state index in [0.717, 1.165) is 34.6 Å². The van der Waals surface area contributed by atoms with Crippen LogP contribution in [0, 0.1) is 17.1 Å². The number of hydrogen-bond donors (Lipinski definition) is 1. The Morgan fingerprint density at radius 1 is 1.18 bits per heavy atom. The van der Waals surface area contributed by atoms with Crippen LogP contribution in [-0.2, 0) is 25.9 Å². The van der Waals surface area contributed by atoms with Gasteiger partial charge in [0.2, 0.25) is 0 Å². The van der Waals surface area contributed by atoms with Gasteiger partial charge in [-0.05, 0) is 36.2 Å². The number of benzene rings is 2. The molecule has 1 N–H and O–H groups in total. The van der Waals surface area contributed by atoms with Crippen molar-refractivity contribution in [3.63, 3.8) is 0 Å². The van der Waals surface area contributed by atoms with E-state index in [2.05, 4.69) is 14.4 Å². The first-order valence-corrected chi connectivity index (χ1v) is 12.9. The molecule has 0 bridgehead atoms.